The molecule has 0 radical (unpaired) electrons. The summed E-state index contributed by atoms with van der Waals surface area (Å²) in [6.45, 7) is 3.29. The van der Waals surface area contributed by atoms with E-state index in [4.69, 9.17) is 0 Å². The topological polar surface area (TPSA) is 77.8 Å². The number of aliphatic carboxylic acids is 1. The van der Waals surface area contributed by atoms with Crippen LogP contribution in [0.3, 0.4) is 0 Å². The second-order valence-corrected chi connectivity index (χ2v) is 6.43. The van der Waals surface area contributed by atoms with Gasteiger partial charge in [-0.15, -0.1) is 0 Å². The van der Waals surface area contributed by atoms with Gasteiger partial charge in [-0.25, -0.2) is 13.6 Å². The summed E-state index contributed by atoms with van der Waals surface area (Å²) in [4.78, 5) is 11.4. The standard InChI is InChI=1S/C21H26F2O4/c1-14(5-3-7-15(2)20(22)23)6-4-8-16(21(26)27)9-10-17-13-18(24)11-12-19(17)25/h6-7,9,11-13,20,24-25H,3-5,8,10H2,1-2H3,(H,26,27)/b14-6+,15-7+,16-9?. The SMILES string of the molecule is C/C(=C\CCC(=CCc1cc(O)ccc1O)C(=O)O)CC/C=C(\C)C(F)F. The van der Waals surface area contributed by atoms with Crippen molar-refractivity contribution in [1.29, 1.82) is 0 Å². The molecule has 4 nitrogen and oxygen atoms in total. The highest BCUT2D eigenvalue weighted by Gasteiger charge is 2.08. The largest absolute Gasteiger partial charge is 0.508 e. The lowest BCUT2D eigenvalue weighted by Gasteiger charge is -2.05. The number of carbonyl (C=O) groups is 1. The van der Waals surface area contributed by atoms with E-state index >= 15 is 0 Å². The van der Waals surface area contributed by atoms with E-state index in [-0.39, 0.29) is 29.1 Å². The predicted octanol–water partition coefficient (Wildman–Crippen LogP) is 5.37. The van der Waals surface area contributed by atoms with Crippen molar-refractivity contribution in [3.63, 3.8) is 0 Å². The average molecular weight is 380 g/mol. The lowest BCUT2D eigenvalue weighted by molar-refractivity contribution is -0.132. The minimum atomic E-state index is -2.43. The van der Waals surface area contributed by atoms with Crippen LogP contribution in [0.2, 0.25) is 0 Å². The smallest absolute Gasteiger partial charge is 0.331 e. The summed E-state index contributed by atoms with van der Waals surface area (Å²) in [7, 11) is 0. The third-order valence-corrected chi connectivity index (χ3v) is 4.16. The number of rotatable bonds is 10. The van der Waals surface area contributed by atoms with Gasteiger partial charge in [0, 0.05) is 11.1 Å². The Balaban J connectivity index is 2.61. The van der Waals surface area contributed by atoms with E-state index in [1.807, 2.05) is 13.0 Å². The first-order chi connectivity index (χ1) is 12.7. The maximum atomic E-state index is 12.4. The first-order valence-corrected chi connectivity index (χ1v) is 8.74. The quantitative estimate of drug-likeness (QED) is 0.290. The van der Waals surface area contributed by atoms with Gasteiger partial charge in [0.1, 0.15) is 11.5 Å². The molecule has 0 aliphatic carbocycles. The van der Waals surface area contributed by atoms with E-state index in [9.17, 15) is 28.9 Å². The van der Waals surface area contributed by atoms with Crippen molar-refractivity contribution in [1.82, 2.24) is 0 Å². The number of hydrogen-bond donors (Lipinski definition) is 3. The molecule has 148 valence electrons. The Morgan fingerprint density at radius 1 is 1.07 bits per heavy atom. The van der Waals surface area contributed by atoms with Gasteiger partial charge < -0.3 is 15.3 Å². The number of carboxylic acid groups (broad SMARTS) is 1. The highest BCUT2D eigenvalue weighted by Crippen LogP contribution is 2.23. The molecular weight excluding hydrogens is 354 g/mol. The lowest BCUT2D eigenvalue weighted by atomic mass is 10.0. The van der Waals surface area contributed by atoms with Crippen molar-refractivity contribution < 1.29 is 28.9 Å². The fourth-order valence-electron chi connectivity index (χ4n) is 2.46. The molecule has 0 spiro atoms. The molecule has 1 rings (SSSR count). The molecule has 1 aromatic carbocycles. The zero-order chi connectivity index (χ0) is 20.4. The maximum Gasteiger partial charge on any atom is 0.331 e. The fraction of sp³-hybridized carbons (Fsp3) is 0.381. The van der Waals surface area contributed by atoms with Crippen LogP contribution in [0.5, 0.6) is 11.5 Å². The fourth-order valence-corrected chi connectivity index (χ4v) is 2.46. The Bertz CT molecular complexity index is 734. The summed E-state index contributed by atoms with van der Waals surface area (Å²) >= 11 is 0. The third kappa shape index (κ3) is 8.53. The van der Waals surface area contributed by atoms with Gasteiger partial charge in [-0.1, -0.05) is 23.8 Å². The van der Waals surface area contributed by atoms with Crippen LogP contribution in [0.1, 0.15) is 45.1 Å². The monoisotopic (exact) mass is 380 g/mol. The van der Waals surface area contributed by atoms with E-state index in [0.29, 0.717) is 31.2 Å². The first kappa shape index (κ1) is 22.4. The Kier molecular flexibility index (Phi) is 9.26. The summed E-state index contributed by atoms with van der Waals surface area (Å²) < 4.78 is 24.8. The molecule has 0 fully saturated rings. The number of aromatic hydroxyl groups is 2. The molecule has 27 heavy (non-hydrogen) atoms. The minimum Gasteiger partial charge on any atom is -0.508 e. The molecule has 0 aromatic heterocycles. The summed E-state index contributed by atoms with van der Waals surface area (Å²) in [5, 5.41) is 28.5. The zero-order valence-electron chi connectivity index (χ0n) is 15.6. The minimum absolute atomic E-state index is 0.00256. The Hall–Kier alpha value is -2.63. The summed E-state index contributed by atoms with van der Waals surface area (Å²) in [6, 6.07) is 4.10. The number of phenolic OH excluding ortho intramolecular Hbond substituents is 2. The van der Waals surface area contributed by atoms with Gasteiger partial charge in [0.15, 0.2) is 0 Å². The van der Waals surface area contributed by atoms with Crippen molar-refractivity contribution in [2.45, 2.75) is 52.4 Å². The van der Waals surface area contributed by atoms with Gasteiger partial charge in [0.2, 0.25) is 0 Å². The van der Waals surface area contributed by atoms with Crippen LogP contribution in [0.4, 0.5) is 8.78 Å². The number of alkyl halides is 2. The normalized spacial score (nSPS) is 13.3. The van der Waals surface area contributed by atoms with Gasteiger partial charge in [-0.05, 0) is 69.7 Å². The highest BCUT2D eigenvalue weighted by molar-refractivity contribution is 5.86. The van der Waals surface area contributed by atoms with Gasteiger partial charge in [0.25, 0.3) is 6.43 Å². The number of benzene rings is 1. The van der Waals surface area contributed by atoms with Crippen LogP contribution in [0, 0.1) is 0 Å². The third-order valence-electron chi connectivity index (χ3n) is 4.16. The van der Waals surface area contributed by atoms with E-state index in [1.165, 1.54) is 37.3 Å². The van der Waals surface area contributed by atoms with Gasteiger partial charge in [-0.2, -0.15) is 0 Å². The molecular formula is C21H26F2O4. The van der Waals surface area contributed by atoms with Crippen LogP contribution in [0.25, 0.3) is 0 Å². The molecule has 0 heterocycles. The number of hydrogen-bond acceptors (Lipinski definition) is 3. The summed E-state index contributed by atoms with van der Waals surface area (Å²) in [5.41, 5.74) is 1.75. The van der Waals surface area contributed by atoms with Crippen molar-refractivity contribution in [2.24, 2.45) is 0 Å². The molecule has 0 amide bonds. The molecule has 6 heteroatoms. The Morgan fingerprint density at radius 3 is 2.37 bits per heavy atom. The second-order valence-electron chi connectivity index (χ2n) is 6.43. The number of allylic oxidation sites excluding steroid dienone is 5. The Morgan fingerprint density at radius 2 is 1.74 bits per heavy atom. The molecule has 0 atom stereocenters. The second kappa shape index (κ2) is 11.2. The average Bonchev–Trinajstić information content (AvgIpc) is 2.60. The van der Waals surface area contributed by atoms with Crippen LogP contribution >= 0.6 is 0 Å². The summed E-state index contributed by atoms with van der Waals surface area (Å²) in [5.74, 6) is -1.03. The summed E-state index contributed by atoms with van der Waals surface area (Å²) in [6.07, 6.45) is 4.73. The number of halogens is 2. The number of phenols is 2. The lowest BCUT2D eigenvalue weighted by Crippen LogP contribution is -2.01. The van der Waals surface area contributed by atoms with Crippen molar-refractivity contribution >= 4 is 5.97 Å². The number of carboxylic acids is 1. The van der Waals surface area contributed by atoms with Gasteiger partial charge in [0.05, 0.1) is 0 Å². The highest BCUT2D eigenvalue weighted by atomic mass is 19.3. The molecule has 0 aliphatic heterocycles. The van der Waals surface area contributed by atoms with E-state index < -0.39 is 12.4 Å². The Labute approximate surface area is 158 Å². The molecule has 0 aliphatic rings. The van der Waals surface area contributed by atoms with E-state index in [1.54, 1.807) is 0 Å². The molecule has 0 bridgehead atoms. The van der Waals surface area contributed by atoms with Gasteiger partial charge in [-0.3, -0.25) is 0 Å². The predicted molar refractivity (Wildman–Crippen MR) is 101 cm³/mol. The van der Waals surface area contributed by atoms with Crippen molar-refractivity contribution in [3.05, 3.63) is 58.7 Å². The van der Waals surface area contributed by atoms with E-state index in [2.05, 4.69) is 0 Å². The molecule has 0 unspecified atom stereocenters. The zero-order valence-corrected chi connectivity index (χ0v) is 15.6. The van der Waals surface area contributed by atoms with Crippen molar-refractivity contribution in [3.8, 4) is 11.5 Å². The van der Waals surface area contributed by atoms with Crippen LogP contribution in [0.15, 0.2) is 53.1 Å². The van der Waals surface area contributed by atoms with E-state index in [0.717, 1.165) is 5.57 Å². The maximum absolute atomic E-state index is 12.4. The molecule has 0 saturated carbocycles. The van der Waals surface area contributed by atoms with Crippen LogP contribution in [-0.4, -0.2) is 27.7 Å². The molecule has 3 N–H and O–H groups in total. The van der Waals surface area contributed by atoms with Crippen LogP contribution in [-0.2, 0) is 11.2 Å². The molecule has 1 aromatic rings. The van der Waals surface area contributed by atoms with Crippen LogP contribution < -0.4 is 0 Å². The van der Waals surface area contributed by atoms with Crippen molar-refractivity contribution in [2.75, 3.05) is 0 Å². The van der Waals surface area contributed by atoms with Gasteiger partial charge >= 0.3 is 5.97 Å². The molecule has 0 saturated heterocycles. The first-order valence-electron chi connectivity index (χ1n) is 8.74.